The second kappa shape index (κ2) is 8.96. The molecular weight excluding hydrogens is 302 g/mol. The summed E-state index contributed by atoms with van der Waals surface area (Å²) in [6.45, 7) is 8.85. The highest BCUT2D eigenvalue weighted by molar-refractivity contribution is 5.79. The van der Waals surface area contributed by atoms with Gasteiger partial charge in [0.05, 0.1) is 18.8 Å². The molecule has 0 aliphatic heterocycles. The molecule has 6 heteroatoms. The van der Waals surface area contributed by atoms with Crippen LogP contribution in [0.4, 0.5) is 0 Å². The number of guanidine groups is 1. The average Bonchev–Trinajstić information content (AvgIpc) is 2.96. The molecule has 1 heterocycles. The van der Waals surface area contributed by atoms with E-state index in [9.17, 15) is 0 Å². The van der Waals surface area contributed by atoms with Crippen LogP contribution in [-0.2, 0) is 13.6 Å². The lowest BCUT2D eigenvalue weighted by Gasteiger charge is -2.14. The Morgan fingerprint density at radius 3 is 2.58 bits per heavy atom. The monoisotopic (exact) mass is 329 g/mol. The van der Waals surface area contributed by atoms with Gasteiger partial charge >= 0.3 is 0 Å². The number of para-hydroxylation sites is 1. The van der Waals surface area contributed by atoms with Gasteiger partial charge in [-0.05, 0) is 38.0 Å². The van der Waals surface area contributed by atoms with E-state index in [1.165, 1.54) is 0 Å². The van der Waals surface area contributed by atoms with Crippen LogP contribution in [0.25, 0.3) is 0 Å². The third-order valence-corrected chi connectivity index (χ3v) is 3.72. The Morgan fingerprint density at radius 2 is 1.96 bits per heavy atom. The summed E-state index contributed by atoms with van der Waals surface area (Å²) in [5, 5.41) is 10.7. The van der Waals surface area contributed by atoms with Gasteiger partial charge in [-0.15, -0.1) is 0 Å². The van der Waals surface area contributed by atoms with Crippen LogP contribution < -0.4 is 15.4 Å². The van der Waals surface area contributed by atoms with E-state index < -0.39 is 0 Å². The van der Waals surface area contributed by atoms with Crippen molar-refractivity contribution in [2.45, 2.75) is 27.3 Å². The van der Waals surface area contributed by atoms with Gasteiger partial charge in [-0.1, -0.05) is 18.2 Å². The topological polar surface area (TPSA) is 63.5 Å². The summed E-state index contributed by atoms with van der Waals surface area (Å²) in [4.78, 5) is 4.57. The molecule has 24 heavy (non-hydrogen) atoms. The fourth-order valence-corrected chi connectivity index (χ4v) is 2.41. The van der Waals surface area contributed by atoms with Gasteiger partial charge in [0.2, 0.25) is 0 Å². The lowest BCUT2D eigenvalue weighted by molar-refractivity contribution is 0.317. The molecule has 0 saturated heterocycles. The number of nitrogens with zero attached hydrogens (tertiary/aromatic N) is 3. The van der Waals surface area contributed by atoms with E-state index in [1.807, 2.05) is 23.9 Å². The first kappa shape index (κ1) is 17.8. The number of benzene rings is 1. The third-order valence-electron chi connectivity index (χ3n) is 3.72. The lowest BCUT2D eigenvalue weighted by atomic mass is 10.1. The maximum Gasteiger partial charge on any atom is 0.191 e. The number of hydrogen-bond donors (Lipinski definition) is 2. The summed E-state index contributed by atoms with van der Waals surface area (Å²) in [5.41, 5.74) is 3.39. The van der Waals surface area contributed by atoms with Gasteiger partial charge in [0.1, 0.15) is 12.4 Å². The van der Waals surface area contributed by atoms with Crippen molar-refractivity contribution in [3.8, 4) is 5.75 Å². The first-order chi connectivity index (χ1) is 11.6. The molecule has 2 aromatic rings. The molecule has 0 saturated carbocycles. The Balaban J connectivity index is 1.84. The molecule has 2 N–H and O–H groups in total. The van der Waals surface area contributed by atoms with Crippen LogP contribution in [0.1, 0.15) is 23.7 Å². The van der Waals surface area contributed by atoms with Crippen LogP contribution in [0.2, 0.25) is 0 Å². The van der Waals surface area contributed by atoms with Gasteiger partial charge in [-0.25, -0.2) is 4.99 Å². The zero-order chi connectivity index (χ0) is 17.4. The van der Waals surface area contributed by atoms with E-state index >= 15 is 0 Å². The van der Waals surface area contributed by atoms with Crippen LogP contribution in [-0.4, -0.2) is 35.4 Å². The molecule has 2 rings (SSSR count). The number of aliphatic imine (C=N–C) groups is 1. The summed E-state index contributed by atoms with van der Waals surface area (Å²) in [5.74, 6) is 1.75. The molecule has 130 valence electrons. The van der Waals surface area contributed by atoms with Gasteiger partial charge in [0.25, 0.3) is 0 Å². The van der Waals surface area contributed by atoms with Gasteiger partial charge in [-0.3, -0.25) is 4.68 Å². The molecule has 0 amide bonds. The molecule has 1 aromatic heterocycles. The SMILES string of the molecule is CCNC(=NCc1ccnn1C)NCCOc1c(C)cccc1C. The van der Waals surface area contributed by atoms with Crippen molar-refractivity contribution in [1.82, 2.24) is 20.4 Å². The predicted molar refractivity (Wildman–Crippen MR) is 97.4 cm³/mol. The standard InChI is InChI=1S/C18H27N5O/c1-5-19-18(21-13-16-9-10-22-23(16)4)20-11-12-24-17-14(2)7-6-8-15(17)3/h6-10H,5,11-13H2,1-4H3,(H2,19,20,21). The molecule has 0 radical (unpaired) electrons. The van der Waals surface area contributed by atoms with Gasteiger partial charge in [-0.2, -0.15) is 5.10 Å². The van der Waals surface area contributed by atoms with Crippen LogP contribution >= 0.6 is 0 Å². The zero-order valence-corrected chi connectivity index (χ0v) is 15.0. The minimum Gasteiger partial charge on any atom is -0.491 e. The van der Waals surface area contributed by atoms with Crippen LogP contribution in [0.5, 0.6) is 5.75 Å². The first-order valence-corrected chi connectivity index (χ1v) is 8.30. The molecule has 0 atom stereocenters. The number of aromatic nitrogens is 2. The number of hydrogen-bond acceptors (Lipinski definition) is 3. The van der Waals surface area contributed by atoms with Crippen molar-refractivity contribution in [3.05, 3.63) is 47.3 Å². The average molecular weight is 329 g/mol. The first-order valence-electron chi connectivity index (χ1n) is 8.30. The highest BCUT2D eigenvalue weighted by atomic mass is 16.5. The normalized spacial score (nSPS) is 11.4. The Morgan fingerprint density at radius 1 is 1.21 bits per heavy atom. The molecule has 0 spiro atoms. The Labute approximate surface area is 143 Å². The number of ether oxygens (including phenoxy) is 1. The largest absolute Gasteiger partial charge is 0.491 e. The Bertz CT molecular complexity index is 658. The van der Waals surface area contributed by atoms with Crippen molar-refractivity contribution in [1.29, 1.82) is 0 Å². The van der Waals surface area contributed by atoms with Crippen molar-refractivity contribution in [2.75, 3.05) is 19.7 Å². The molecule has 0 aliphatic carbocycles. The highest BCUT2D eigenvalue weighted by Crippen LogP contribution is 2.21. The van der Waals surface area contributed by atoms with Crippen LogP contribution in [0.3, 0.4) is 0 Å². The van der Waals surface area contributed by atoms with E-state index in [4.69, 9.17) is 4.74 Å². The predicted octanol–water partition coefficient (Wildman–Crippen LogP) is 2.17. The molecular formula is C18H27N5O. The summed E-state index contributed by atoms with van der Waals surface area (Å²) < 4.78 is 7.74. The minimum atomic E-state index is 0.585. The zero-order valence-electron chi connectivity index (χ0n) is 15.0. The lowest BCUT2D eigenvalue weighted by Crippen LogP contribution is -2.39. The quantitative estimate of drug-likeness (QED) is 0.464. The molecule has 1 aromatic carbocycles. The van der Waals surface area contributed by atoms with E-state index in [0.29, 0.717) is 19.7 Å². The summed E-state index contributed by atoms with van der Waals surface area (Å²) >= 11 is 0. The van der Waals surface area contributed by atoms with Crippen molar-refractivity contribution in [3.63, 3.8) is 0 Å². The minimum absolute atomic E-state index is 0.585. The smallest absolute Gasteiger partial charge is 0.191 e. The number of nitrogens with one attached hydrogen (secondary N) is 2. The van der Waals surface area contributed by atoms with Crippen molar-refractivity contribution in [2.24, 2.45) is 12.0 Å². The molecule has 6 nitrogen and oxygen atoms in total. The van der Waals surface area contributed by atoms with E-state index in [-0.39, 0.29) is 0 Å². The number of rotatable bonds is 7. The Hall–Kier alpha value is -2.50. The fraction of sp³-hybridized carbons (Fsp3) is 0.444. The highest BCUT2D eigenvalue weighted by Gasteiger charge is 2.04. The molecule has 0 fully saturated rings. The van der Waals surface area contributed by atoms with E-state index in [1.54, 1.807) is 6.20 Å². The summed E-state index contributed by atoms with van der Waals surface area (Å²) in [6.07, 6.45) is 1.78. The maximum atomic E-state index is 5.91. The van der Waals surface area contributed by atoms with Gasteiger partial charge in [0.15, 0.2) is 5.96 Å². The van der Waals surface area contributed by atoms with E-state index in [2.05, 4.69) is 53.6 Å². The van der Waals surface area contributed by atoms with Crippen LogP contribution in [0.15, 0.2) is 35.5 Å². The fourth-order valence-electron chi connectivity index (χ4n) is 2.41. The maximum absolute atomic E-state index is 5.91. The summed E-state index contributed by atoms with van der Waals surface area (Å²) in [6, 6.07) is 8.14. The Kier molecular flexibility index (Phi) is 6.66. The summed E-state index contributed by atoms with van der Waals surface area (Å²) in [7, 11) is 1.92. The van der Waals surface area contributed by atoms with Crippen LogP contribution in [0, 0.1) is 13.8 Å². The molecule has 0 aliphatic rings. The number of aryl methyl sites for hydroxylation is 3. The molecule has 0 bridgehead atoms. The molecule has 0 unspecified atom stereocenters. The van der Waals surface area contributed by atoms with E-state index in [0.717, 1.165) is 35.1 Å². The van der Waals surface area contributed by atoms with Gasteiger partial charge < -0.3 is 15.4 Å². The van der Waals surface area contributed by atoms with Gasteiger partial charge in [0, 0.05) is 19.8 Å². The second-order valence-corrected chi connectivity index (χ2v) is 5.64. The van der Waals surface area contributed by atoms with Crippen molar-refractivity contribution >= 4 is 5.96 Å². The third kappa shape index (κ3) is 5.01. The second-order valence-electron chi connectivity index (χ2n) is 5.64. The van der Waals surface area contributed by atoms with Crippen molar-refractivity contribution < 1.29 is 4.74 Å².